The Labute approximate surface area is 78.9 Å². The lowest BCUT2D eigenvalue weighted by Gasteiger charge is -2.18. The summed E-state index contributed by atoms with van der Waals surface area (Å²) in [5.41, 5.74) is 0. The van der Waals surface area contributed by atoms with Gasteiger partial charge in [0.15, 0.2) is 0 Å². The Morgan fingerprint density at radius 1 is 1.38 bits per heavy atom. The van der Waals surface area contributed by atoms with Crippen LogP contribution < -0.4 is 5.32 Å². The Morgan fingerprint density at radius 2 is 2.08 bits per heavy atom. The monoisotopic (exact) mass is 191 g/mol. The van der Waals surface area contributed by atoms with E-state index in [4.69, 9.17) is 0 Å². The minimum Gasteiger partial charge on any atom is -0.314 e. The molecule has 3 atom stereocenters. The van der Waals surface area contributed by atoms with Crippen LogP contribution in [0.4, 0.5) is 8.78 Å². The first kappa shape index (κ1) is 10.9. The highest BCUT2D eigenvalue weighted by Crippen LogP contribution is 2.27. The van der Waals surface area contributed by atoms with Gasteiger partial charge in [0.2, 0.25) is 6.43 Å². The zero-order valence-electron chi connectivity index (χ0n) is 8.39. The lowest BCUT2D eigenvalue weighted by molar-refractivity contribution is 0.0606. The van der Waals surface area contributed by atoms with Gasteiger partial charge in [-0.15, -0.1) is 0 Å². The second kappa shape index (κ2) is 4.89. The zero-order valence-corrected chi connectivity index (χ0v) is 8.39. The van der Waals surface area contributed by atoms with Crippen LogP contribution in [0.5, 0.6) is 0 Å². The van der Waals surface area contributed by atoms with Gasteiger partial charge in [0, 0.05) is 12.0 Å². The Hall–Kier alpha value is -0.180. The fourth-order valence-corrected chi connectivity index (χ4v) is 2.03. The molecule has 1 aliphatic rings. The molecule has 0 amide bonds. The summed E-state index contributed by atoms with van der Waals surface area (Å²) in [6.45, 7) is 4.98. The molecule has 1 heterocycles. The van der Waals surface area contributed by atoms with Crippen molar-refractivity contribution in [3.63, 3.8) is 0 Å². The van der Waals surface area contributed by atoms with Gasteiger partial charge in [-0.1, -0.05) is 13.8 Å². The van der Waals surface area contributed by atoms with Crippen molar-refractivity contribution in [2.24, 2.45) is 11.8 Å². The summed E-state index contributed by atoms with van der Waals surface area (Å²) >= 11 is 0. The fraction of sp³-hybridized carbons (Fsp3) is 1.00. The molecule has 0 aromatic heterocycles. The summed E-state index contributed by atoms with van der Waals surface area (Å²) in [6.07, 6.45) is 0.117. The molecule has 1 saturated heterocycles. The minimum absolute atomic E-state index is 0.295. The summed E-state index contributed by atoms with van der Waals surface area (Å²) < 4.78 is 25.1. The van der Waals surface area contributed by atoms with Crippen molar-refractivity contribution >= 4 is 0 Å². The molecule has 0 bridgehead atoms. The SMILES string of the molecule is CCC1C[C@H](C(F)F)CC(C)CN1. The highest BCUT2D eigenvalue weighted by atomic mass is 19.3. The molecule has 1 N–H and O–H groups in total. The number of hydrogen-bond donors (Lipinski definition) is 1. The summed E-state index contributed by atoms with van der Waals surface area (Å²) in [5, 5.41) is 3.33. The molecule has 2 unspecified atom stereocenters. The van der Waals surface area contributed by atoms with Gasteiger partial charge in [0.05, 0.1) is 0 Å². The van der Waals surface area contributed by atoms with E-state index < -0.39 is 12.3 Å². The van der Waals surface area contributed by atoms with E-state index in [1.807, 2.05) is 6.92 Å². The van der Waals surface area contributed by atoms with E-state index >= 15 is 0 Å². The Morgan fingerprint density at radius 3 is 2.62 bits per heavy atom. The standard InChI is InChI=1S/C10H19F2N/c1-3-9-5-8(10(11)12)4-7(2)6-13-9/h7-10,13H,3-6H2,1-2H3/t7?,8-,9?/m1/s1. The van der Waals surface area contributed by atoms with E-state index in [0.29, 0.717) is 24.8 Å². The maximum Gasteiger partial charge on any atom is 0.241 e. The fourth-order valence-electron chi connectivity index (χ4n) is 2.03. The van der Waals surface area contributed by atoms with Crippen LogP contribution in [0.1, 0.15) is 33.1 Å². The van der Waals surface area contributed by atoms with Gasteiger partial charge in [-0.05, 0) is 31.7 Å². The molecule has 0 aromatic carbocycles. The number of halogens is 2. The van der Waals surface area contributed by atoms with Crippen molar-refractivity contribution in [3.8, 4) is 0 Å². The van der Waals surface area contributed by atoms with Gasteiger partial charge in [-0.2, -0.15) is 0 Å². The molecule has 78 valence electrons. The van der Waals surface area contributed by atoms with E-state index in [9.17, 15) is 8.78 Å². The largest absolute Gasteiger partial charge is 0.314 e. The van der Waals surface area contributed by atoms with E-state index in [0.717, 1.165) is 13.0 Å². The van der Waals surface area contributed by atoms with Crippen molar-refractivity contribution in [2.45, 2.75) is 45.6 Å². The molecule has 0 radical (unpaired) electrons. The third-order valence-electron chi connectivity index (χ3n) is 2.90. The van der Waals surface area contributed by atoms with Gasteiger partial charge >= 0.3 is 0 Å². The first-order chi connectivity index (χ1) is 6.13. The lowest BCUT2D eigenvalue weighted by atomic mass is 9.92. The Balaban J connectivity index is 2.52. The van der Waals surface area contributed by atoms with Crippen molar-refractivity contribution in [2.75, 3.05) is 6.54 Å². The molecule has 0 aliphatic carbocycles. The van der Waals surface area contributed by atoms with Crippen LogP contribution in [0.25, 0.3) is 0 Å². The van der Waals surface area contributed by atoms with Crippen molar-refractivity contribution < 1.29 is 8.78 Å². The molecule has 1 fully saturated rings. The quantitative estimate of drug-likeness (QED) is 0.707. The van der Waals surface area contributed by atoms with Crippen LogP contribution in [0.2, 0.25) is 0 Å². The highest BCUT2D eigenvalue weighted by Gasteiger charge is 2.28. The van der Waals surface area contributed by atoms with E-state index in [-0.39, 0.29) is 0 Å². The third-order valence-corrected chi connectivity index (χ3v) is 2.90. The summed E-state index contributed by atoms with van der Waals surface area (Å²) in [5.74, 6) is -0.00880. The van der Waals surface area contributed by atoms with E-state index in [1.165, 1.54) is 0 Å². The molecule has 0 aromatic rings. The Bertz CT molecular complexity index is 150. The van der Waals surface area contributed by atoms with Crippen LogP contribution >= 0.6 is 0 Å². The molecule has 0 saturated carbocycles. The predicted octanol–water partition coefficient (Wildman–Crippen LogP) is 2.67. The van der Waals surface area contributed by atoms with Gasteiger partial charge in [-0.25, -0.2) is 8.78 Å². The molecule has 13 heavy (non-hydrogen) atoms. The van der Waals surface area contributed by atoms with Crippen molar-refractivity contribution in [1.82, 2.24) is 5.32 Å². The molecule has 0 spiro atoms. The summed E-state index contributed by atoms with van der Waals surface area (Å²) in [7, 11) is 0. The zero-order chi connectivity index (χ0) is 9.84. The number of nitrogens with one attached hydrogen (secondary N) is 1. The van der Waals surface area contributed by atoms with Gasteiger partial charge in [-0.3, -0.25) is 0 Å². The molecular weight excluding hydrogens is 172 g/mol. The third kappa shape index (κ3) is 3.22. The van der Waals surface area contributed by atoms with Crippen molar-refractivity contribution in [3.05, 3.63) is 0 Å². The predicted molar refractivity (Wildman–Crippen MR) is 50.0 cm³/mol. The van der Waals surface area contributed by atoms with Crippen LogP contribution in [0.15, 0.2) is 0 Å². The average Bonchev–Trinajstić information content (AvgIpc) is 2.27. The minimum atomic E-state index is -2.14. The smallest absolute Gasteiger partial charge is 0.241 e. The summed E-state index contributed by atoms with van der Waals surface area (Å²) in [6, 6.07) is 0.295. The number of rotatable bonds is 2. The highest BCUT2D eigenvalue weighted by molar-refractivity contribution is 4.79. The van der Waals surface area contributed by atoms with Gasteiger partial charge < -0.3 is 5.32 Å². The topological polar surface area (TPSA) is 12.0 Å². The first-order valence-corrected chi connectivity index (χ1v) is 5.15. The van der Waals surface area contributed by atoms with Crippen molar-refractivity contribution in [1.29, 1.82) is 0 Å². The molecular formula is C10H19F2N. The van der Waals surface area contributed by atoms with E-state index in [1.54, 1.807) is 0 Å². The average molecular weight is 191 g/mol. The molecule has 3 heteroatoms. The second-order valence-electron chi connectivity index (χ2n) is 4.18. The second-order valence-corrected chi connectivity index (χ2v) is 4.18. The van der Waals surface area contributed by atoms with Gasteiger partial charge in [0.1, 0.15) is 0 Å². The van der Waals surface area contributed by atoms with Crippen LogP contribution in [0, 0.1) is 11.8 Å². The lowest BCUT2D eigenvalue weighted by Crippen LogP contribution is -2.30. The first-order valence-electron chi connectivity index (χ1n) is 5.15. The van der Waals surface area contributed by atoms with Crippen LogP contribution in [-0.2, 0) is 0 Å². The Kier molecular flexibility index (Phi) is 4.10. The van der Waals surface area contributed by atoms with Gasteiger partial charge in [0.25, 0.3) is 0 Å². The normalized spacial score (nSPS) is 36.2. The summed E-state index contributed by atoms with van der Waals surface area (Å²) in [4.78, 5) is 0. The molecule has 1 rings (SSSR count). The van der Waals surface area contributed by atoms with Crippen LogP contribution in [0.3, 0.4) is 0 Å². The number of hydrogen-bond acceptors (Lipinski definition) is 1. The maximum absolute atomic E-state index is 12.6. The number of alkyl halides is 2. The van der Waals surface area contributed by atoms with E-state index in [2.05, 4.69) is 12.2 Å². The van der Waals surface area contributed by atoms with Crippen LogP contribution in [-0.4, -0.2) is 19.0 Å². The molecule has 1 aliphatic heterocycles. The molecule has 1 nitrogen and oxygen atoms in total. The maximum atomic E-state index is 12.6.